The topological polar surface area (TPSA) is 36.7 Å². The van der Waals surface area contributed by atoms with Crippen LogP contribution < -0.4 is 0 Å². The average Bonchev–Trinajstić information content (AvgIpc) is 3.03. The number of alkyl halides is 6. The van der Waals surface area contributed by atoms with E-state index in [-0.39, 0.29) is 21.1 Å². The van der Waals surface area contributed by atoms with E-state index >= 15 is 0 Å². The predicted molar refractivity (Wildman–Crippen MR) is 92.5 cm³/mol. The highest BCUT2D eigenvalue weighted by atomic mass is 32.1. The van der Waals surface area contributed by atoms with Crippen LogP contribution in [0.15, 0.2) is 48.3 Å². The first-order valence-corrected chi connectivity index (χ1v) is 8.90. The first kappa shape index (κ1) is 21.0. The Morgan fingerprint density at radius 3 is 2.24 bits per heavy atom. The van der Waals surface area contributed by atoms with Crippen LogP contribution in [0.25, 0.3) is 10.6 Å². The summed E-state index contributed by atoms with van der Waals surface area (Å²) in [6.07, 6.45) is -7.43. The molecule has 0 saturated carbocycles. The molecule has 2 unspecified atom stereocenters. The fraction of sp³-hybridized carbons (Fsp3) is 0.263. The van der Waals surface area contributed by atoms with Crippen LogP contribution in [0, 0.1) is 24.2 Å². The minimum Gasteiger partial charge on any atom is -0.241 e. The monoisotopic (exact) mass is 432 g/mol. The van der Waals surface area contributed by atoms with Gasteiger partial charge in [0.1, 0.15) is 22.2 Å². The van der Waals surface area contributed by atoms with Gasteiger partial charge in [0, 0.05) is 5.56 Å². The summed E-state index contributed by atoms with van der Waals surface area (Å²) in [5, 5.41) is 9.80. The fourth-order valence-electron chi connectivity index (χ4n) is 3.09. The third-order valence-electron chi connectivity index (χ3n) is 4.49. The molecule has 2 nitrogen and oxygen atoms in total. The Balaban J connectivity index is 2.09. The third-order valence-corrected chi connectivity index (χ3v) is 5.85. The van der Waals surface area contributed by atoms with Gasteiger partial charge in [0.05, 0.1) is 22.2 Å². The van der Waals surface area contributed by atoms with E-state index in [1.54, 1.807) is 6.07 Å². The summed E-state index contributed by atoms with van der Waals surface area (Å²) in [4.78, 5) is 4.10. The predicted octanol–water partition coefficient (Wildman–Crippen LogP) is 6.50. The number of allylic oxidation sites excluding steroid dienone is 4. The number of aryl methyl sites for hydroxylation is 1. The standard InChI is InChI=1S/C19H11F7N2S/c1-10-15(17(9-27)7-6-13(20)8-14(17)19(24,25)26)29-16(28-10)11-2-4-12(5-3-11)18(21,22)23/h2-8,14H,1H3. The minimum absolute atomic E-state index is 0.0442. The molecule has 0 bridgehead atoms. The highest BCUT2D eigenvalue weighted by Gasteiger charge is 2.55. The number of nitrogens with zero attached hydrogens (tertiary/aromatic N) is 2. The molecule has 2 aromatic rings. The molecule has 1 aromatic carbocycles. The van der Waals surface area contributed by atoms with Crippen molar-refractivity contribution in [2.75, 3.05) is 0 Å². The summed E-state index contributed by atoms with van der Waals surface area (Å²) in [5.41, 5.74) is -2.73. The number of hydrogen-bond acceptors (Lipinski definition) is 3. The molecule has 2 atom stereocenters. The van der Waals surface area contributed by atoms with Gasteiger partial charge in [-0.1, -0.05) is 18.2 Å². The fourth-order valence-corrected chi connectivity index (χ4v) is 4.33. The third kappa shape index (κ3) is 3.79. The van der Waals surface area contributed by atoms with Crippen molar-refractivity contribution < 1.29 is 30.7 Å². The van der Waals surface area contributed by atoms with Crippen molar-refractivity contribution in [1.29, 1.82) is 5.26 Å². The number of aromatic nitrogens is 1. The Kier molecular flexibility index (Phi) is 5.07. The van der Waals surface area contributed by atoms with E-state index < -0.39 is 35.1 Å². The van der Waals surface area contributed by atoms with Crippen molar-refractivity contribution in [3.63, 3.8) is 0 Å². The molecule has 1 aliphatic carbocycles. The van der Waals surface area contributed by atoms with Gasteiger partial charge in [-0.3, -0.25) is 0 Å². The smallest absolute Gasteiger partial charge is 0.241 e. The maximum absolute atomic E-state index is 13.6. The van der Waals surface area contributed by atoms with E-state index in [0.29, 0.717) is 6.08 Å². The van der Waals surface area contributed by atoms with Crippen LogP contribution in [-0.4, -0.2) is 11.2 Å². The lowest BCUT2D eigenvalue weighted by Crippen LogP contribution is -2.41. The van der Waals surface area contributed by atoms with Crippen LogP contribution in [-0.2, 0) is 11.6 Å². The van der Waals surface area contributed by atoms with E-state index in [4.69, 9.17) is 0 Å². The van der Waals surface area contributed by atoms with Crippen LogP contribution in [0.2, 0.25) is 0 Å². The number of nitriles is 1. The first-order chi connectivity index (χ1) is 13.4. The molecule has 0 N–H and O–H groups in total. The summed E-state index contributed by atoms with van der Waals surface area (Å²) in [6.45, 7) is 1.40. The highest BCUT2D eigenvalue weighted by molar-refractivity contribution is 7.15. The van der Waals surface area contributed by atoms with E-state index in [2.05, 4.69) is 4.98 Å². The van der Waals surface area contributed by atoms with Crippen molar-refractivity contribution >= 4 is 11.3 Å². The lowest BCUT2D eigenvalue weighted by atomic mass is 9.71. The largest absolute Gasteiger partial charge is 0.416 e. The van der Waals surface area contributed by atoms with Crippen LogP contribution in [0.4, 0.5) is 30.7 Å². The molecule has 29 heavy (non-hydrogen) atoms. The van der Waals surface area contributed by atoms with Crippen LogP contribution in [0.5, 0.6) is 0 Å². The zero-order valence-electron chi connectivity index (χ0n) is 14.6. The van der Waals surface area contributed by atoms with Gasteiger partial charge in [0.25, 0.3) is 0 Å². The van der Waals surface area contributed by atoms with Crippen LogP contribution in [0.3, 0.4) is 0 Å². The second-order valence-electron chi connectivity index (χ2n) is 6.39. The minimum atomic E-state index is -4.90. The quantitative estimate of drug-likeness (QED) is 0.508. The number of benzene rings is 1. The van der Waals surface area contributed by atoms with Crippen molar-refractivity contribution in [3.8, 4) is 16.6 Å². The first-order valence-electron chi connectivity index (χ1n) is 8.08. The average molecular weight is 432 g/mol. The molecule has 1 heterocycles. The van der Waals surface area contributed by atoms with E-state index in [1.807, 2.05) is 0 Å². The van der Waals surface area contributed by atoms with Crippen LogP contribution in [0.1, 0.15) is 16.1 Å². The highest BCUT2D eigenvalue weighted by Crippen LogP contribution is 2.50. The Bertz CT molecular complexity index is 1020. The summed E-state index contributed by atoms with van der Waals surface area (Å²) >= 11 is 0.759. The number of rotatable bonds is 2. The molecule has 0 spiro atoms. The SMILES string of the molecule is Cc1nc(-c2ccc(C(F)(F)F)cc2)sc1C1(C#N)C=CC(F)=CC1C(F)(F)F. The van der Waals surface area contributed by atoms with Crippen molar-refractivity contribution in [3.05, 3.63) is 64.5 Å². The van der Waals surface area contributed by atoms with E-state index in [1.165, 1.54) is 6.92 Å². The zero-order valence-corrected chi connectivity index (χ0v) is 15.4. The second-order valence-corrected chi connectivity index (χ2v) is 7.39. The number of halogens is 7. The van der Waals surface area contributed by atoms with Crippen LogP contribution >= 0.6 is 11.3 Å². The summed E-state index contributed by atoms with van der Waals surface area (Å²) in [7, 11) is 0. The van der Waals surface area contributed by atoms with Gasteiger partial charge < -0.3 is 0 Å². The van der Waals surface area contributed by atoms with Gasteiger partial charge in [0.15, 0.2) is 0 Å². The molecule has 1 aliphatic rings. The Morgan fingerprint density at radius 1 is 1.10 bits per heavy atom. The number of thiazole rings is 1. The van der Waals surface area contributed by atoms with Crippen molar-refractivity contribution in [2.24, 2.45) is 5.92 Å². The zero-order chi connectivity index (χ0) is 21.6. The van der Waals surface area contributed by atoms with E-state index in [9.17, 15) is 36.0 Å². The maximum Gasteiger partial charge on any atom is 0.416 e. The van der Waals surface area contributed by atoms with E-state index in [0.717, 1.165) is 47.8 Å². The molecule has 1 aromatic heterocycles. The molecular formula is C19H11F7N2S. The second kappa shape index (κ2) is 6.99. The Labute approximate surface area is 164 Å². The molecule has 0 amide bonds. The molecule has 3 rings (SSSR count). The molecule has 152 valence electrons. The molecule has 10 heteroatoms. The Morgan fingerprint density at radius 2 is 1.72 bits per heavy atom. The molecule has 0 saturated heterocycles. The molecule has 0 radical (unpaired) electrons. The molecular weight excluding hydrogens is 421 g/mol. The van der Waals surface area contributed by atoms with Gasteiger partial charge >= 0.3 is 12.4 Å². The van der Waals surface area contributed by atoms with Crippen molar-refractivity contribution in [1.82, 2.24) is 4.98 Å². The lowest BCUT2D eigenvalue weighted by molar-refractivity contribution is -0.170. The van der Waals surface area contributed by atoms with Gasteiger partial charge in [-0.05, 0) is 31.2 Å². The summed E-state index contributed by atoms with van der Waals surface area (Å²) in [5.74, 6) is -3.53. The van der Waals surface area contributed by atoms with Crippen molar-refractivity contribution in [2.45, 2.75) is 24.7 Å². The maximum atomic E-state index is 13.6. The van der Waals surface area contributed by atoms with Gasteiger partial charge in [-0.15, -0.1) is 11.3 Å². The Hall–Kier alpha value is -2.67. The lowest BCUT2D eigenvalue weighted by Gasteiger charge is -2.33. The molecule has 0 fully saturated rings. The summed E-state index contributed by atoms with van der Waals surface area (Å²) in [6, 6.07) is 5.63. The van der Waals surface area contributed by atoms with Gasteiger partial charge in [0.2, 0.25) is 0 Å². The summed E-state index contributed by atoms with van der Waals surface area (Å²) < 4.78 is 92.4. The van der Waals surface area contributed by atoms with Gasteiger partial charge in [-0.25, -0.2) is 9.37 Å². The normalized spacial score (nSPS) is 22.3. The van der Waals surface area contributed by atoms with Gasteiger partial charge in [-0.2, -0.15) is 31.6 Å². The molecule has 0 aliphatic heterocycles. The number of hydrogen-bond donors (Lipinski definition) is 0.